The number of aromatic nitrogens is 1. The van der Waals surface area contributed by atoms with Crippen molar-refractivity contribution in [2.75, 3.05) is 0 Å². The van der Waals surface area contributed by atoms with Gasteiger partial charge < -0.3 is 5.73 Å². The van der Waals surface area contributed by atoms with E-state index in [-0.39, 0.29) is 6.04 Å². The third-order valence-corrected chi connectivity index (χ3v) is 3.98. The Morgan fingerprint density at radius 3 is 2.50 bits per heavy atom. The number of hydrogen-bond acceptors (Lipinski definition) is 3. The zero-order chi connectivity index (χ0) is 11.7. The molecule has 2 atom stereocenters. The van der Waals surface area contributed by atoms with Crippen LogP contribution in [0.3, 0.4) is 0 Å². The first-order valence-electron chi connectivity index (χ1n) is 5.71. The van der Waals surface area contributed by atoms with Crippen LogP contribution >= 0.6 is 11.5 Å². The lowest BCUT2D eigenvalue weighted by Crippen LogP contribution is -2.27. The Balaban J connectivity index is 2.53. The fourth-order valence-electron chi connectivity index (χ4n) is 2.30. The number of nitrogens with zero attached hydrogens (tertiary/aromatic N) is 1. The van der Waals surface area contributed by atoms with Gasteiger partial charge in [0.2, 0.25) is 0 Å². The lowest BCUT2D eigenvalue weighted by Gasteiger charge is -2.23. The highest BCUT2D eigenvalue weighted by molar-refractivity contribution is 7.07. The molecule has 2 N–H and O–H groups in total. The predicted octanol–water partition coefficient (Wildman–Crippen LogP) is 3.38. The molecule has 0 aliphatic carbocycles. The van der Waals surface area contributed by atoms with Gasteiger partial charge in [-0.25, -0.2) is 0 Å². The summed E-state index contributed by atoms with van der Waals surface area (Å²) in [5.74, 6) is 0.946. The van der Waals surface area contributed by atoms with Crippen molar-refractivity contribution in [3.8, 4) is 0 Å². The molecule has 2 nitrogen and oxygen atoms in total. The quantitative estimate of drug-likeness (QED) is 0.884. The fourth-order valence-corrected chi connectivity index (χ4v) is 3.53. The molecule has 0 radical (unpaired) electrons. The van der Waals surface area contributed by atoms with Crippen LogP contribution in [0.1, 0.15) is 31.6 Å². The molecule has 1 aromatic carbocycles. The van der Waals surface area contributed by atoms with Crippen molar-refractivity contribution in [2.45, 2.75) is 32.7 Å². The fraction of sp³-hybridized carbons (Fsp3) is 0.462. The summed E-state index contributed by atoms with van der Waals surface area (Å²) in [6.07, 6.45) is 0. The average molecular weight is 234 g/mol. The largest absolute Gasteiger partial charge is 0.327 e. The zero-order valence-corrected chi connectivity index (χ0v) is 10.8. The smallest absolute Gasteiger partial charge is 0.0843 e. The van der Waals surface area contributed by atoms with Crippen LogP contribution in [0, 0.1) is 5.92 Å². The topological polar surface area (TPSA) is 38.9 Å². The number of rotatable bonds is 3. The molecule has 1 heterocycles. The lowest BCUT2D eigenvalue weighted by molar-refractivity contribution is 0.444. The van der Waals surface area contributed by atoms with Gasteiger partial charge in [0.1, 0.15) is 0 Å². The highest BCUT2D eigenvalue weighted by Crippen LogP contribution is 2.35. The molecule has 0 saturated heterocycles. The Labute approximate surface area is 101 Å². The van der Waals surface area contributed by atoms with E-state index in [1.54, 1.807) is 11.5 Å². The molecule has 0 spiro atoms. The van der Waals surface area contributed by atoms with E-state index in [0.29, 0.717) is 11.8 Å². The van der Waals surface area contributed by atoms with E-state index in [9.17, 15) is 0 Å². The molecule has 3 heteroatoms. The molecular formula is C13H18N2S. The molecule has 1 aromatic heterocycles. The monoisotopic (exact) mass is 234 g/mol. The Morgan fingerprint density at radius 2 is 1.88 bits per heavy atom. The molecule has 2 unspecified atom stereocenters. The normalized spacial score (nSPS) is 15.6. The third kappa shape index (κ3) is 1.97. The summed E-state index contributed by atoms with van der Waals surface area (Å²) in [4.78, 5) is 1.33. The van der Waals surface area contributed by atoms with Gasteiger partial charge in [0.05, 0.1) is 5.52 Å². The number of hydrogen-bond donors (Lipinski definition) is 1. The first-order chi connectivity index (χ1) is 7.61. The van der Waals surface area contributed by atoms with Crippen molar-refractivity contribution in [2.24, 2.45) is 11.7 Å². The lowest BCUT2D eigenvalue weighted by atomic mass is 9.87. The van der Waals surface area contributed by atoms with Crippen molar-refractivity contribution < 1.29 is 0 Å². The van der Waals surface area contributed by atoms with E-state index in [1.165, 1.54) is 10.3 Å². The Kier molecular flexibility index (Phi) is 3.26. The van der Waals surface area contributed by atoms with Gasteiger partial charge in [-0.1, -0.05) is 32.0 Å². The van der Waals surface area contributed by atoms with Gasteiger partial charge in [-0.15, -0.1) is 0 Å². The molecular weight excluding hydrogens is 216 g/mol. The van der Waals surface area contributed by atoms with Crippen molar-refractivity contribution in [3.63, 3.8) is 0 Å². The second kappa shape index (κ2) is 4.52. The van der Waals surface area contributed by atoms with E-state index in [0.717, 1.165) is 5.52 Å². The van der Waals surface area contributed by atoms with Crippen LogP contribution in [0.4, 0.5) is 0 Å². The summed E-state index contributed by atoms with van der Waals surface area (Å²) >= 11 is 1.60. The van der Waals surface area contributed by atoms with Crippen molar-refractivity contribution in [1.29, 1.82) is 0 Å². The molecule has 0 aliphatic rings. The number of nitrogens with two attached hydrogens (primary N) is 1. The van der Waals surface area contributed by atoms with E-state index >= 15 is 0 Å². The van der Waals surface area contributed by atoms with Crippen LogP contribution in [-0.2, 0) is 0 Å². The first kappa shape index (κ1) is 11.6. The molecule has 0 aliphatic heterocycles. The van der Waals surface area contributed by atoms with Crippen LogP contribution in [0.2, 0.25) is 0 Å². The Bertz CT molecular complexity index is 465. The Morgan fingerprint density at radius 1 is 1.19 bits per heavy atom. The summed E-state index contributed by atoms with van der Waals surface area (Å²) in [7, 11) is 0. The number of fused-ring (bicyclic) bond motifs is 1. The molecule has 0 fully saturated rings. The van der Waals surface area contributed by atoms with Gasteiger partial charge in [0, 0.05) is 22.2 Å². The molecule has 0 bridgehead atoms. The third-order valence-electron chi connectivity index (χ3n) is 3.00. The van der Waals surface area contributed by atoms with Gasteiger partial charge in [0.25, 0.3) is 0 Å². The Hall–Kier alpha value is -0.930. The second-order valence-electron chi connectivity index (χ2n) is 4.69. The van der Waals surface area contributed by atoms with E-state index in [1.807, 2.05) is 6.07 Å². The standard InChI is InChI=1S/C13H18N2S/c1-8(2)12(9(3)14)13-10-6-4-5-7-11(10)15-16-13/h4-9,12H,14H2,1-3H3. The van der Waals surface area contributed by atoms with Crippen LogP contribution in [0.25, 0.3) is 10.9 Å². The maximum Gasteiger partial charge on any atom is 0.0843 e. The van der Waals surface area contributed by atoms with Crippen molar-refractivity contribution in [1.82, 2.24) is 4.37 Å². The summed E-state index contributed by atoms with van der Waals surface area (Å²) < 4.78 is 4.49. The minimum Gasteiger partial charge on any atom is -0.327 e. The zero-order valence-electron chi connectivity index (χ0n) is 9.97. The SMILES string of the molecule is CC(C)C(c1snc2ccccc12)C(C)N. The minimum absolute atomic E-state index is 0.170. The second-order valence-corrected chi connectivity index (χ2v) is 5.50. The van der Waals surface area contributed by atoms with Crippen molar-refractivity contribution in [3.05, 3.63) is 29.1 Å². The van der Waals surface area contributed by atoms with Gasteiger partial charge in [-0.3, -0.25) is 0 Å². The molecule has 16 heavy (non-hydrogen) atoms. The first-order valence-corrected chi connectivity index (χ1v) is 6.48. The maximum atomic E-state index is 6.10. The van der Waals surface area contributed by atoms with E-state index in [4.69, 9.17) is 5.73 Å². The summed E-state index contributed by atoms with van der Waals surface area (Å²) in [6.45, 7) is 6.53. The summed E-state index contributed by atoms with van der Waals surface area (Å²) in [5.41, 5.74) is 7.19. The highest BCUT2D eigenvalue weighted by Gasteiger charge is 2.24. The molecule has 0 saturated carbocycles. The van der Waals surface area contributed by atoms with Crippen LogP contribution in [-0.4, -0.2) is 10.4 Å². The van der Waals surface area contributed by atoms with E-state index < -0.39 is 0 Å². The van der Waals surface area contributed by atoms with Gasteiger partial charge in [0.15, 0.2) is 0 Å². The molecule has 2 aromatic rings. The van der Waals surface area contributed by atoms with Crippen LogP contribution < -0.4 is 5.73 Å². The van der Waals surface area contributed by atoms with Crippen LogP contribution in [0.5, 0.6) is 0 Å². The summed E-state index contributed by atoms with van der Waals surface area (Å²) in [5, 5.41) is 1.27. The van der Waals surface area contributed by atoms with Gasteiger partial charge in [-0.05, 0) is 30.4 Å². The van der Waals surface area contributed by atoms with Crippen molar-refractivity contribution >= 4 is 22.4 Å². The molecule has 86 valence electrons. The van der Waals surface area contributed by atoms with Gasteiger partial charge >= 0.3 is 0 Å². The van der Waals surface area contributed by atoms with Gasteiger partial charge in [-0.2, -0.15) is 4.37 Å². The van der Waals surface area contributed by atoms with E-state index in [2.05, 4.69) is 43.3 Å². The molecule has 0 amide bonds. The predicted molar refractivity (Wildman–Crippen MR) is 70.8 cm³/mol. The number of benzene rings is 1. The molecule has 2 rings (SSSR count). The van der Waals surface area contributed by atoms with Crippen LogP contribution in [0.15, 0.2) is 24.3 Å². The summed E-state index contributed by atoms with van der Waals surface area (Å²) in [6, 6.07) is 8.48. The average Bonchev–Trinajstić information content (AvgIpc) is 2.61. The highest BCUT2D eigenvalue weighted by atomic mass is 32.1. The minimum atomic E-state index is 0.170. The maximum absolute atomic E-state index is 6.10.